The third-order valence-corrected chi connectivity index (χ3v) is 3.50. The Balaban J connectivity index is 2.53. The van der Waals surface area contributed by atoms with Gasteiger partial charge in [-0.2, -0.15) is 0 Å². The Labute approximate surface area is 89.3 Å². The van der Waals surface area contributed by atoms with Crippen LogP contribution in [0.15, 0.2) is 0 Å². The van der Waals surface area contributed by atoms with E-state index in [2.05, 4.69) is 37.9 Å². The van der Waals surface area contributed by atoms with Gasteiger partial charge in [0.05, 0.1) is 0 Å². The Bertz CT molecular complexity index is 156. The van der Waals surface area contributed by atoms with Crippen LogP contribution in [0.5, 0.6) is 0 Å². The topological polar surface area (TPSA) is 6.48 Å². The molecule has 2 nitrogen and oxygen atoms in total. The summed E-state index contributed by atoms with van der Waals surface area (Å²) in [4.78, 5) is 4.97. The zero-order valence-corrected chi connectivity index (χ0v) is 10.3. The summed E-state index contributed by atoms with van der Waals surface area (Å²) in [6, 6.07) is 1.57. The van der Waals surface area contributed by atoms with Gasteiger partial charge in [-0.25, -0.2) is 0 Å². The van der Waals surface area contributed by atoms with Gasteiger partial charge >= 0.3 is 0 Å². The average molecular weight is 198 g/mol. The van der Waals surface area contributed by atoms with Crippen molar-refractivity contribution < 1.29 is 0 Å². The van der Waals surface area contributed by atoms with Gasteiger partial charge in [-0.1, -0.05) is 19.8 Å². The summed E-state index contributed by atoms with van der Waals surface area (Å²) in [6.07, 6.45) is 6.88. The lowest BCUT2D eigenvalue weighted by molar-refractivity contribution is 0.0925. The first-order chi connectivity index (χ1) is 6.66. The SMILES string of the molecule is CCCN(C)C1CCCCC1N(C)C. The van der Waals surface area contributed by atoms with E-state index >= 15 is 0 Å². The van der Waals surface area contributed by atoms with Crippen molar-refractivity contribution in [3.63, 3.8) is 0 Å². The molecule has 2 atom stereocenters. The van der Waals surface area contributed by atoms with Gasteiger partial charge in [0.2, 0.25) is 0 Å². The molecule has 2 heteroatoms. The van der Waals surface area contributed by atoms with Crippen LogP contribution in [-0.4, -0.2) is 49.6 Å². The van der Waals surface area contributed by atoms with Gasteiger partial charge in [-0.3, -0.25) is 0 Å². The van der Waals surface area contributed by atoms with Crippen molar-refractivity contribution in [2.24, 2.45) is 0 Å². The molecule has 0 amide bonds. The maximum Gasteiger partial charge on any atom is 0.0248 e. The largest absolute Gasteiger partial charge is 0.305 e. The minimum Gasteiger partial charge on any atom is -0.305 e. The summed E-state index contributed by atoms with van der Waals surface area (Å²) in [6.45, 7) is 3.51. The Morgan fingerprint density at radius 2 is 1.57 bits per heavy atom. The van der Waals surface area contributed by atoms with Crippen LogP contribution in [0.1, 0.15) is 39.0 Å². The summed E-state index contributed by atoms with van der Waals surface area (Å²) in [5, 5.41) is 0. The number of likely N-dealkylation sites (N-methyl/N-ethyl adjacent to an activating group) is 2. The molecule has 1 aliphatic rings. The highest BCUT2D eigenvalue weighted by Gasteiger charge is 2.28. The van der Waals surface area contributed by atoms with Crippen LogP contribution in [0, 0.1) is 0 Å². The summed E-state index contributed by atoms with van der Waals surface area (Å²) < 4.78 is 0. The van der Waals surface area contributed by atoms with Crippen LogP contribution in [0.25, 0.3) is 0 Å². The predicted molar refractivity (Wildman–Crippen MR) is 62.7 cm³/mol. The first kappa shape index (κ1) is 12.0. The van der Waals surface area contributed by atoms with Crippen molar-refractivity contribution in [1.82, 2.24) is 9.80 Å². The molecule has 0 bridgehead atoms. The highest BCUT2D eigenvalue weighted by atomic mass is 15.2. The van der Waals surface area contributed by atoms with Crippen LogP contribution in [0.3, 0.4) is 0 Å². The second-order valence-corrected chi connectivity index (χ2v) is 4.86. The molecule has 1 rings (SSSR count). The molecule has 1 aliphatic carbocycles. The molecular weight excluding hydrogens is 172 g/mol. The summed E-state index contributed by atoms with van der Waals surface area (Å²) >= 11 is 0. The van der Waals surface area contributed by atoms with Gasteiger partial charge in [-0.15, -0.1) is 0 Å². The fourth-order valence-corrected chi connectivity index (χ4v) is 2.73. The van der Waals surface area contributed by atoms with Crippen molar-refractivity contribution >= 4 is 0 Å². The standard InChI is InChI=1S/C12H26N2/c1-5-10-14(4)12-9-7-6-8-11(12)13(2)3/h11-12H,5-10H2,1-4H3. The van der Waals surface area contributed by atoms with E-state index in [1.54, 1.807) is 0 Å². The first-order valence-corrected chi connectivity index (χ1v) is 6.03. The lowest BCUT2D eigenvalue weighted by Crippen LogP contribution is -2.50. The Kier molecular flexibility index (Phi) is 4.90. The van der Waals surface area contributed by atoms with Crippen LogP contribution in [-0.2, 0) is 0 Å². The third-order valence-electron chi connectivity index (χ3n) is 3.50. The lowest BCUT2D eigenvalue weighted by atomic mass is 9.88. The zero-order valence-electron chi connectivity index (χ0n) is 10.3. The Hall–Kier alpha value is -0.0800. The molecule has 0 spiro atoms. The minimum atomic E-state index is 0.778. The number of hydrogen-bond acceptors (Lipinski definition) is 2. The highest BCUT2D eigenvalue weighted by molar-refractivity contribution is 4.86. The second kappa shape index (κ2) is 5.72. The maximum absolute atomic E-state index is 2.56. The van der Waals surface area contributed by atoms with Crippen LogP contribution in [0.4, 0.5) is 0 Å². The van der Waals surface area contributed by atoms with E-state index in [-0.39, 0.29) is 0 Å². The smallest absolute Gasteiger partial charge is 0.0248 e. The summed E-state index contributed by atoms with van der Waals surface area (Å²) in [5.74, 6) is 0. The molecule has 0 radical (unpaired) electrons. The number of nitrogens with zero attached hydrogens (tertiary/aromatic N) is 2. The first-order valence-electron chi connectivity index (χ1n) is 6.03. The van der Waals surface area contributed by atoms with Gasteiger partial charge in [0, 0.05) is 12.1 Å². The van der Waals surface area contributed by atoms with Gasteiger partial charge < -0.3 is 9.80 Å². The molecule has 2 unspecified atom stereocenters. The molecule has 0 aromatic rings. The molecule has 84 valence electrons. The normalized spacial score (nSPS) is 28.7. The van der Waals surface area contributed by atoms with E-state index in [0.717, 1.165) is 12.1 Å². The molecule has 0 saturated heterocycles. The number of rotatable bonds is 4. The maximum atomic E-state index is 2.56. The average Bonchev–Trinajstić information content (AvgIpc) is 2.18. The molecule has 0 N–H and O–H groups in total. The quantitative estimate of drug-likeness (QED) is 0.683. The molecule has 1 fully saturated rings. The van der Waals surface area contributed by atoms with Gasteiger partial charge in [-0.05, 0) is 47.0 Å². The third kappa shape index (κ3) is 2.96. The molecule has 0 aromatic heterocycles. The van der Waals surface area contributed by atoms with E-state index in [1.807, 2.05) is 0 Å². The molecule has 14 heavy (non-hydrogen) atoms. The Morgan fingerprint density at radius 1 is 1.00 bits per heavy atom. The van der Waals surface area contributed by atoms with Crippen molar-refractivity contribution in [3.8, 4) is 0 Å². The predicted octanol–water partition coefficient (Wildman–Crippen LogP) is 2.20. The van der Waals surface area contributed by atoms with E-state index in [0.29, 0.717) is 0 Å². The fraction of sp³-hybridized carbons (Fsp3) is 1.00. The highest BCUT2D eigenvalue weighted by Crippen LogP contribution is 2.25. The van der Waals surface area contributed by atoms with Crippen LogP contribution >= 0.6 is 0 Å². The van der Waals surface area contributed by atoms with Gasteiger partial charge in [0.1, 0.15) is 0 Å². The van der Waals surface area contributed by atoms with Crippen molar-refractivity contribution in [2.75, 3.05) is 27.7 Å². The summed E-state index contributed by atoms with van der Waals surface area (Å²) in [7, 11) is 6.74. The van der Waals surface area contributed by atoms with Gasteiger partial charge in [0.15, 0.2) is 0 Å². The molecule has 0 heterocycles. The summed E-state index contributed by atoms with van der Waals surface area (Å²) in [5.41, 5.74) is 0. The second-order valence-electron chi connectivity index (χ2n) is 4.86. The molecule has 0 aliphatic heterocycles. The Morgan fingerprint density at radius 3 is 2.07 bits per heavy atom. The number of hydrogen-bond donors (Lipinski definition) is 0. The van der Waals surface area contributed by atoms with Crippen molar-refractivity contribution in [1.29, 1.82) is 0 Å². The monoisotopic (exact) mass is 198 g/mol. The van der Waals surface area contributed by atoms with Crippen molar-refractivity contribution in [3.05, 3.63) is 0 Å². The van der Waals surface area contributed by atoms with Gasteiger partial charge in [0.25, 0.3) is 0 Å². The van der Waals surface area contributed by atoms with Crippen molar-refractivity contribution in [2.45, 2.75) is 51.1 Å². The minimum absolute atomic E-state index is 0.778. The van der Waals surface area contributed by atoms with Crippen LogP contribution < -0.4 is 0 Å². The molecular formula is C12H26N2. The van der Waals surface area contributed by atoms with E-state index in [4.69, 9.17) is 0 Å². The van der Waals surface area contributed by atoms with E-state index in [9.17, 15) is 0 Å². The fourth-order valence-electron chi connectivity index (χ4n) is 2.73. The van der Waals surface area contributed by atoms with E-state index < -0.39 is 0 Å². The lowest BCUT2D eigenvalue weighted by Gasteiger charge is -2.41. The zero-order chi connectivity index (χ0) is 10.6. The van der Waals surface area contributed by atoms with E-state index in [1.165, 1.54) is 38.6 Å². The van der Waals surface area contributed by atoms with Crippen LogP contribution in [0.2, 0.25) is 0 Å². The molecule has 1 saturated carbocycles. The molecule has 0 aromatic carbocycles.